The molecule has 0 aliphatic carbocycles. The molecule has 1 N–H and O–H groups in total. The predicted molar refractivity (Wildman–Crippen MR) is 75.6 cm³/mol. The van der Waals surface area contributed by atoms with Gasteiger partial charge in [0.25, 0.3) is 0 Å². The molecule has 1 aromatic carbocycles. The summed E-state index contributed by atoms with van der Waals surface area (Å²) in [5.74, 6) is -1.07. The smallest absolute Gasteiger partial charge is 0.126 e. The monoisotopic (exact) mass is 281 g/mol. The van der Waals surface area contributed by atoms with Crippen molar-refractivity contribution < 1.29 is 8.78 Å². The Hall–Kier alpha value is -1.26. The van der Waals surface area contributed by atoms with Crippen molar-refractivity contribution in [1.82, 2.24) is 5.32 Å². The Kier molecular flexibility index (Phi) is 4.66. The van der Waals surface area contributed by atoms with Crippen molar-refractivity contribution in [2.24, 2.45) is 0 Å². The second kappa shape index (κ2) is 6.26. The van der Waals surface area contributed by atoms with Gasteiger partial charge in [0.05, 0.1) is 6.04 Å². The van der Waals surface area contributed by atoms with Crippen molar-refractivity contribution in [1.29, 1.82) is 0 Å². The van der Waals surface area contributed by atoms with Crippen molar-refractivity contribution in [2.75, 3.05) is 6.54 Å². The molecule has 1 nitrogen and oxygen atoms in total. The van der Waals surface area contributed by atoms with E-state index in [0.717, 1.165) is 24.6 Å². The summed E-state index contributed by atoms with van der Waals surface area (Å²) in [5, 5.41) is 5.38. The molecule has 19 heavy (non-hydrogen) atoms. The third-order valence-electron chi connectivity index (χ3n) is 2.90. The molecule has 0 aliphatic heterocycles. The highest BCUT2D eigenvalue weighted by Crippen LogP contribution is 2.27. The molecule has 1 unspecified atom stereocenters. The molecule has 0 bridgehead atoms. The largest absolute Gasteiger partial charge is 0.306 e. The van der Waals surface area contributed by atoms with Crippen LogP contribution in [-0.2, 0) is 0 Å². The molecule has 4 heteroatoms. The maximum atomic E-state index is 13.4. The number of benzene rings is 1. The van der Waals surface area contributed by atoms with E-state index in [1.807, 2.05) is 12.3 Å². The van der Waals surface area contributed by atoms with Crippen molar-refractivity contribution in [2.45, 2.75) is 26.3 Å². The Balaban J connectivity index is 2.36. The number of hydrogen-bond donors (Lipinski definition) is 1. The fourth-order valence-electron chi connectivity index (χ4n) is 2.07. The molecule has 0 spiro atoms. The first-order valence-corrected chi connectivity index (χ1v) is 7.22. The summed E-state index contributed by atoms with van der Waals surface area (Å²) in [4.78, 5) is 1.19. The summed E-state index contributed by atoms with van der Waals surface area (Å²) in [6.07, 6.45) is 0.970. The second-order valence-corrected chi connectivity index (χ2v) is 5.70. The number of aryl methyl sites for hydroxylation is 1. The van der Waals surface area contributed by atoms with Crippen molar-refractivity contribution in [3.8, 4) is 0 Å². The van der Waals surface area contributed by atoms with Gasteiger partial charge in [0.15, 0.2) is 0 Å². The summed E-state index contributed by atoms with van der Waals surface area (Å²) >= 11 is 1.64. The highest BCUT2D eigenvalue weighted by molar-refractivity contribution is 7.10. The van der Waals surface area contributed by atoms with E-state index < -0.39 is 11.6 Å². The Morgan fingerprint density at radius 3 is 2.32 bits per heavy atom. The SMILES string of the molecule is CCCNC(c1cc(F)cc(F)c1)c1csc(C)c1. The summed E-state index contributed by atoms with van der Waals surface area (Å²) in [5.41, 5.74) is 1.68. The number of hydrogen-bond acceptors (Lipinski definition) is 2. The van der Waals surface area contributed by atoms with E-state index in [4.69, 9.17) is 0 Å². The molecule has 0 aliphatic rings. The first kappa shape index (κ1) is 14.2. The van der Waals surface area contributed by atoms with Crippen molar-refractivity contribution >= 4 is 11.3 Å². The molecule has 1 atom stereocenters. The highest BCUT2D eigenvalue weighted by Gasteiger charge is 2.16. The van der Waals surface area contributed by atoms with Gasteiger partial charge in [-0.1, -0.05) is 6.92 Å². The maximum absolute atomic E-state index is 13.4. The van der Waals surface area contributed by atoms with E-state index in [9.17, 15) is 8.78 Å². The van der Waals surface area contributed by atoms with Crippen LogP contribution in [0.15, 0.2) is 29.6 Å². The van der Waals surface area contributed by atoms with Crippen LogP contribution in [-0.4, -0.2) is 6.54 Å². The van der Waals surface area contributed by atoms with Gasteiger partial charge in [0.1, 0.15) is 11.6 Å². The van der Waals surface area contributed by atoms with E-state index in [1.165, 1.54) is 17.0 Å². The normalized spacial score (nSPS) is 12.6. The van der Waals surface area contributed by atoms with Gasteiger partial charge >= 0.3 is 0 Å². The summed E-state index contributed by atoms with van der Waals surface area (Å²) in [7, 11) is 0. The average Bonchev–Trinajstić information content (AvgIpc) is 2.75. The van der Waals surface area contributed by atoms with E-state index in [0.29, 0.717) is 5.56 Å². The van der Waals surface area contributed by atoms with Crippen LogP contribution in [0.25, 0.3) is 0 Å². The van der Waals surface area contributed by atoms with E-state index in [-0.39, 0.29) is 6.04 Å². The molecule has 102 valence electrons. The second-order valence-electron chi connectivity index (χ2n) is 4.58. The Morgan fingerprint density at radius 1 is 1.11 bits per heavy atom. The van der Waals surface area contributed by atoms with Crippen LogP contribution in [0.3, 0.4) is 0 Å². The number of halogens is 2. The maximum Gasteiger partial charge on any atom is 0.126 e. The molecule has 2 aromatic rings. The molecule has 1 aromatic heterocycles. The van der Waals surface area contributed by atoms with Gasteiger partial charge in [-0.05, 0) is 54.6 Å². The number of thiophene rings is 1. The average molecular weight is 281 g/mol. The van der Waals surface area contributed by atoms with Gasteiger partial charge in [-0.3, -0.25) is 0 Å². The van der Waals surface area contributed by atoms with Crippen LogP contribution in [0.5, 0.6) is 0 Å². The molecule has 0 saturated carbocycles. The Bertz CT molecular complexity index is 531. The number of rotatable bonds is 5. The Labute approximate surface area is 116 Å². The van der Waals surface area contributed by atoms with Crippen LogP contribution in [0.2, 0.25) is 0 Å². The standard InChI is InChI=1S/C15H17F2NS/c1-3-4-18-15(12-5-10(2)19-9-12)11-6-13(16)8-14(17)7-11/h5-9,15,18H,3-4H2,1-2H3. The topological polar surface area (TPSA) is 12.0 Å². The zero-order chi connectivity index (χ0) is 13.8. The first-order chi connectivity index (χ1) is 9.10. The lowest BCUT2D eigenvalue weighted by atomic mass is 10.0. The van der Waals surface area contributed by atoms with Crippen LogP contribution < -0.4 is 5.32 Å². The minimum Gasteiger partial charge on any atom is -0.306 e. The van der Waals surface area contributed by atoms with E-state index in [1.54, 1.807) is 11.3 Å². The molecular formula is C15H17F2NS. The fraction of sp³-hybridized carbons (Fsp3) is 0.333. The lowest BCUT2D eigenvalue weighted by Gasteiger charge is -2.18. The molecule has 0 fully saturated rings. The molecule has 0 radical (unpaired) electrons. The summed E-state index contributed by atoms with van der Waals surface area (Å²) < 4.78 is 26.7. The third-order valence-corrected chi connectivity index (χ3v) is 3.78. The lowest BCUT2D eigenvalue weighted by Crippen LogP contribution is -2.23. The highest BCUT2D eigenvalue weighted by atomic mass is 32.1. The minimum absolute atomic E-state index is 0.157. The molecule has 0 saturated heterocycles. The molecule has 2 rings (SSSR count). The molecule has 1 heterocycles. The lowest BCUT2D eigenvalue weighted by molar-refractivity contribution is 0.559. The van der Waals surface area contributed by atoms with Crippen LogP contribution in [0.1, 0.15) is 35.4 Å². The number of nitrogens with one attached hydrogen (secondary N) is 1. The van der Waals surface area contributed by atoms with Gasteiger partial charge in [-0.2, -0.15) is 0 Å². The third kappa shape index (κ3) is 3.61. The summed E-state index contributed by atoms with van der Waals surface area (Å²) in [6, 6.07) is 5.59. The van der Waals surface area contributed by atoms with Crippen molar-refractivity contribution in [3.63, 3.8) is 0 Å². The zero-order valence-corrected chi connectivity index (χ0v) is 11.9. The quantitative estimate of drug-likeness (QED) is 0.855. The van der Waals surface area contributed by atoms with Gasteiger partial charge < -0.3 is 5.32 Å². The van der Waals surface area contributed by atoms with Gasteiger partial charge in [0.2, 0.25) is 0 Å². The summed E-state index contributed by atoms with van der Waals surface area (Å²) in [6.45, 7) is 4.89. The van der Waals surface area contributed by atoms with Crippen LogP contribution in [0, 0.1) is 18.6 Å². The fourth-order valence-corrected chi connectivity index (χ4v) is 2.80. The van der Waals surface area contributed by atoms with Gasteiger partial charge in [-0.25, -0.2) is 8.78 Å². The van der Waals surface area contributed by atoms with E-state index >= 15 is 0 Å². The zero-order valence-electron chi connectivity index (χ0n) is 11.0. The first-order valence-electron chi connectivity index (χ1n) is 6.34. The Morgan fingerprint density at radius 2 is 1.79 bits per heavy atom. The van der Waals surface area contributed by atoms with Crippen LogP contribution >= 0.6 is 11.3 Å². The van der Waals surface area contributed by atoms with Crippen molar-refractivity contribution in [3.05, 3.63) is 57.3 Å². The molecular weight excluding hydrogens is 264 g/mol. The van der Waals surface area contributed by atoms with Gasteiger partial charge in [-0.15, -0.1) is 11.3 Å². The minimum atomic E-state index is -0.537. The van der Waals surface area contributed by atoms with E-state index in [2.05, 4.69) is 18.3 Å². The molecule has 0 amide bonds. The van der Waals surface area contributed by atoms with Gasteiger partial charge in [0, 0.05) is 10.9 Å². The van der Waals surface area contributed by atoms with Crippen LogP contribution in [0.4, 0.5) is 8.78 Å². The predicted octanol–water partition coefficient (Wildman–Crippen LogP) is 4.42.